The molecule has 0 aliphatic heterocycles. The van der Waals surface area contributed by atoms with Crippen LogP contribution in [0, 0.1) is 6.92 Å². The van der Waals surface area contributed by atoms with E-state index in [2.05, 4.69) is 29.4 Å². The number of benzene rings is 1. The predicted octanol–water partition coefficient (Wildman–Crippen LogP) is 3.89. The maximum Gasteiger partial charge on any atom is 0.0570 e. The van der Waals surface area contributed by atoms with Crippen molar-refractivity contribution in [3.8, 4) is 0 Å². The molecular weight excluding hydrogens is 244 g/mol. The summed E-state index contributed by atoms with van der Waals surface area (Å²) >= 11 is 6.20. The minimum Gasteiger partial charge on any atom is -0.305 e. The molecule has 0 radical (unpaired) electrons. The van der Waals surface area contributed by atoms with Gasteiger partial charge in [-0.05, 0) is 43.2 Å². The third kappa shape index (κ3) is 3.31. The van der Waals surface area contributed by atoms with Crippen molar-refractivity contribution in [1.29, 1.82) is 0 Å². The Morgan fingerprint density at radius 1 is 1.28 bits per heavy atom. The smallest absolute Gasteiger partial charge is 0.0570 e. The van der Waals surface area contributed by atoms with Crippen molar-refractivity contribution >= 4 is 11.6 Å². The van der Waals surface area contributed by atoms with Gasteiger partial charge in [-0.25, -0.2) is 0 Å². The summed E-state index contributed by atoms with van der Waals surface area (Å²) in [6.07, 6.45) is 1.81. The van der Waals surface area contributed by atoms with Crippen molar-refractivity contribution in [2.24, 2.45) is 0 Å². The van der Waals surface area contributed by atoms with E-state index in [0.29, 0.717) is 0 Å². The summed E-state index contributed by atoms with van der Waals surface area (Å²) in [5.74, 6) is 0. The van der Waals surface area contributed by atoms with Crippen molar-refractivity contribution in [3.63, 3.8) is 0 Å². The molecule has 2 nitrogen and oxygen atoms in total. The lowest BCUT2D eigenvalue weighted by Gasteiger charge is -2.14. The highest BCUT2D eigenvalue weighted by Gasteiger charge is 2.07. The Hall–Kier alpha value is -1.38. The Morgan fingerprint density at radius 2 is 2.11 bits per heavy atom. The molecule has 1 unspecified atom stereocenters. The van der Waals surface area contributed by atoms with E-state index in [1.54, 1.807) is 0 Å². The van der Waals surface area contributed by atoms with Crippen molar-refractivity contribution in [1.82, 2.24) is 10.3 Å². The number of aryl methyl sites for hydroxylation is 1. The van der Waals surface area contributed by atoms with Crippen LogP contribution in [0.25, 0.3) is 0 Å². The van der Waals surface area contributed by atoms with Gasteiger partial charge in [0, 0.05) is 23.8 Å². The zero-order valence-corrected chi connectivity index (χ0v) is 11.4. The Kier molecular flexibility index (Phi) is 4.34. The van der Waals surface area contributed by atoms with E-state index in [-0.39, 0.29) is 6.04 Å². The first kappa shape index (κ1) is 13.1. The summed E-state index contributed by atoms with van der Waals surface area (Å²) in [6.45, 7) is 4.89. The topological polar surface area (TPSA) is 24.9 Å². The second kappa shape index (κ2) is 5.98. The molecule has 1 aromatic carbocycles. The zero-order chi connectivity index (χ0) is 13.0. The monoisotopic (exact) mass is 260 g/mol. The molecule has 2 aromatic rings. The number of hydrogen-bond acceptors (Lipinski definition) is 2. The number of pyridine rings is 1. The van der Waals surface area contributed by atoms with Crippen molar-refractivity contribution in [2.45, 2.75) is 26.4 Å². The Bertz CT molecular complexity index is 511. The van der Waals surface area contributed by atoms with Crippen molar-refractivity contribution < 1.29 is 0 Å². The Labute approximate surface area is 113 Å². The molecule has 2 rings (SSSR count). The number of nitrogens with zero attached hydrogens (tertiary/aromatic N) is 1. The van der Waals surface area contributed by atoms with Crippen LogP contribution in [-0.2, 0) is 6.54 Å². The second-order valence-corrected chi connectivity index (χ2v) is 4.86. The maximum atomic E-state index is 6.20. The van der Waals surface area contributed by atoms with Gasteiger partial charge in [0.2, 0.25) is 0 Å². The standard InChI is InChI=1S/C15H17ClN2/c1-11-6-7-13(14(16)9-11)10-18-12(2)15-5-3-4-8-17-15/h3-9,12,18H,10H2,1-2H3. The largest absolute Gasteiger partial charge is 0.305 e. The molecule has 0 aliphatic carbocycles. The molecule has 1 heterocycles. The molecule has 0 saturated heterocycles. The number of hydrogen-bond donors (Lipinski definition) is 1. The lowest BCUT2D eigenvalue weighted by molar-refractivity contribution is 0.561. The number of aromatic nitrogens is 1. The average molecular weight is 261 g/mol. The molecule has 94 valence electrons. The van der Waals surface area contributed by atoms with Gasteiger partial charge in [0.15, 0.2) is 0 Å². The SMILES string of the molecule is Cc1ccc(CNC(C)c2ccccn2)c(Cl)c1. The molecule has 18 heavy (non-hydrogen) atoms. The van der Waals surface area contributed by atoms with Crippen LogP contribution in [0.3, 0.4) is 0 Å². The van der Waals surface area contributed by atoms with Crippen LogP contribution in [0.4, 0.5) is 0 Å². The molecule has 0 fully saturated rings. The van der Waals surface area contributed by atoms with Crippen molar-refractivity contribution in [2.75, 3.05) is 0 Å². The van der Waals surface area contributed by atoms with Crippen LogP contribution < -0.4 is 5.32 Å². The fourth-order valence-corrected chi connectivity index (χ4v) is 2.10. The van der Waals surface area contributed by atoms with E-state index < -0.39 is 0 Å². The van der Waals surface area contributed by atoms with Gasteiger partial charge in [0.25, 0.3) is 0 Å². The number of nitrogens with one attached hydrogen (secondary N) is 1. The van der Waals surface area contributed by atoms with Gasteiger partial charge in [-0.15, -0.1) is 0 Å². The molecule has 1 atom stereocenters. The maximum absolute atomic E-state index is 6.20. The minimum absolute atomic E-state index is 0.212. The molecule has 0 amide bonds. The first-order chi connectivity index (χ1) is 8.66. The van der Waals surface area contributed by atoms with Crippen molar-refractivity contribution in [3.05, 3.63) is 64.4 Å². The summed E-state index contributed by atoms with van der Waals surface area (Å²) in [4.78, 5) is 4.33. The summed E-state index contributed by atoms with van der Waals surface area (Å²) in [5, 5.41) is 4.24. The minimum atomic E-state index is 0.212. The van der Waals surface area contributed by atoms with Gasteiger partial charge in [0.1, 0.15) is 0 Å². The van der Waals surface area contributed by atoms with Gasteiger partial charge in [-0.3, -0.25) is 4.98 Å². The highest BCUT2D eigenvalue weighted by Crippen LogP contribution is 2.18. The van der Waals surface area contributed by atoms with E-state index in [1.807, 2.05) is 37.4 Å². The van der Waals surface area contributed by atoms with Gasteiger partial charge < -0.3 is 5.32 Å². The third-order valence-corrected chi connectivity index (χ3v) is 3.29. The Morgan fingerprint density at radius 3 is 2.78 bits per heavy atom. The summed E-state index contributed by atoms with van der Waals surface area (Å²) in [7, 11) is 0. The molecule has 0 saturated carbocycles. The van der Waals surface area contributed by atoms with Crippen LogP contribution in [0.1, 0.15) is 29.8 Å². The first-order valence-corrected chi connectivity index (χ1v) is 6.44. The molecule has 0 aliphatic rings. The quantitative estimate of drug-likeness (QED) is 0.902. The number of halogens is 1. The van der Waals surface area contributed by atoms with E-state index in [0.717, 1.165) is 22.8 Å². The molecule has 3 heteroatoms. The van der Waals surface area contributed by atoms with E-state index >= 15 is 0 Å². The van der Waals surface area contributed by atoms with Crippen LogP contribution >= 0.6 is 11.6 Å². The molecule has 1 aromatic heterocycles. The summed E-state index contributed by atoms with van der Waals surface area (Å²) in [6, 6.07) is 12.3. The molecule has 0 spiro atoms. The van der Waals surface area contributed by atoms with E-state index in [1.165, 1.54) is 5.56 Å². The molecular formula is C15H17ClN2. The normalized spacial score (nSPS) is 12.4. The average Bonchev–Trinajstić information content (AvgIpc) is 2.38. The van der Waals surface area contributed by atoms with Gasteiger partial charge in [-0.2, -0.15) is 0 Å². The van der Waals surface area contributed by atoms with E-state index in [9.17, 15) is 0 Å². The first-order valence-electron chi connectivity index (χ1n) is 6.06. The fraction of sp³-hybridized carbons (Fsp3) is 0.267. The van der Waals surface area contributed by atoms with Crippen LogP contribution in [-0.4, -0.2) is 4.98 Å². The highest BCUT2D eigenvalue weighted by atomic mass is 35.5. The highest BCUT2D eigenvalue weighted by molar-refractivity contribution is 6.31. The van der Waals surface area contributed by atoms with Gasteiger partial charge in [0.05, 0.1) is 5.69 Å². The van der Waals surface area contributed by atoms with Crippen LogP contribution in [0.2, 0.25) is 5.02 Å². The van der Waals surface area contributed by atoms with E-state index in [4.69, 9.17) is 11.6 Å². The fourth-order valence-electron chi connectivity index (χ4n) is 1.80. The second-order valence-electron chi connectivity index (χ2n) is 4.45. The van der Waals surface area contributed by atoms with Gasteiger partial charge in [-0.1, -0.05) is 29.8 Å². The van der Waals surface area contributed by atoms with Gasteiger partial charge >= 0.3 is 0 Å². The molecule has 0 bridgehead atoms. The predicted molar refractivity (Wildman–Crippen MR) is 75.7 cm³/mol. The number of rotatable bonds is 4. The Balaban J connectivity index is 1.99. The van der Waals surface area contributed by atoms with Crippen LogP contribution in [0.5, 0.6) is 0 Å². The zero-order valence-electron chi connectivity index (χ0n) is 10.7. The summed E-state index contributed by atoms with van der Waals surface area (Å²) in [5.41, 5.74) is 3.34. The lowest BCUT2D eigenvalue weighted by Crippen LogP contribution is -2.19. The lowest BCUT2D eigenvalue weighted by atomic mass is 10.1. The summed E-state index contributed by atoms with van der Waals surface area (Å²) < 4.78 is 0. The molecule has 1 N–H and O–H groups in total. The third-order valence-electron chi connectivity index (χ3n) is 2.94. The van der Waals surface area contributed by atoms with Crippen LogP contribution in [0.15, 0.2) is 42.6 Å².